The average Bonchev–Trinajstić information content (AvgIpc) is 2.83. The molecule has 0 spiro atoms. The van der Waals surface area contributed by atoms with Crippen molar-refractivity contribution < 1.29 is 0 Å². The second kappa shape index (κ2) is 5.49. The summed E-state index contributed by atoms with van der Waals surface area (Å²) in [7, 11) is 0. The van der Waals surface area contributed by atoms with E-state index >= 15 is 0 Å². The van der Waals surface area contributed by atoms with Gasteiger partial charge in [-0.2, -0.15) is 0 Å². The third kappa shape index (κ3) is 2.41. The van der Waals surface area contributed by atoms with E-state index in [2.05, 4.69) is 36.5 Å². The summed E-state index contributed by atoms with van der Waals surface area (Å²) in [6, 6.07) is 0. The second-order valence-electron chi connectivity index (χ2n) is 5.44. The molecule has 1 aliphatic carbocycles. The number of hydrogen-bond donors (Lipinski definition) is 1. The highest BCUT2D eigenvalue weighted by atomic mass is 32.1. The number of hydrogen-bond acceptors (Lipinski definition) is 3. The number of nitrogens with zero attached hydrogens (tertiary/aromatic N) is 1. The molecule has 3 heteroatoms. The fourth-order valence-corrected chi connectivity index (χ4v) is 4.33. The van der Waals surface area contributed by atoms with Crippen LogP contribution >= 0.6 is 11.3 Å². The van der Waals surface area contributed by atoms with E-state index in [-0.39, 0.29) is 5.54 Å². The van der Waals surface area contributed by atoms with Crippen LogP contribution in [0.1, 0.15) is 51.5 Å². The number of aromatic nitrogens is 1. The molecule has 1 aromatic heterocycles. The molecule has 0 radical (unpaired) electrons. The molecular formula is C14H24N2S. The maximum atomic E-state index is 4.62. The van der Waals surface area contributed by atoms with E-state index in [1.54, 1.807) is 0 Å². The van der Waals surface area contributed by atoms with E-state index in [4.69, 9.17) is 0 Å². The molecule has 1 aromatic rings. The smallest absolute Gasteiger partial charge is 0.113 e. The molecule has 1 fully saturated rings. The van der Waals surface area contributed by atoms with E-state index in [1.807, 2.05) is 17.5 Å². The summed E-state index contributed by atoms with van der Waals surface area (Å²) in [6.45, 7) is 7.95. The zero-order valence-corrected chi connectivity index (χ0v) is 12.0. The van der Waals surface area contributed by atoms with Gasteiger partial charge in [-0.1, -0.05) is 33.6 Å². The Morgan fingerprint density at radius 3 is 2.94 bits per heavy atom. The quantitative estimate of drug-likeness (QED) is 0.882. The summed E-state index contributed by atoms with van der Waals surface area (Å²) in [5.41, 5.74) is 0.148. The second-order valence-corrected chi connectivity index (χ2v) is 6.33. The largest absolute Gasteiger partial charge is 0.305 e. The highest BCUT2D eigenvalue weighted by molar-refractivity contribution is 7.09. The Labute approximate surface area is 109 Å². The highest BCUT2D eigenvalue weighted by Crippen LogP contribution is 2.45. The van der Waals surface area contributed by atoms with Crippen LogP contribution in [-0.2, 0) is 5.54 Å². The van der Waals surface area contributed by atoms with Gasteiger partial charge in [0.1, 0.15) is 5.01 Å². The Bertz CT molecular complexity index is 330. The van der Waals surface area contributed by atoms with E-state index < -0.39 is 0 Å². The third-order valence-corrected chi connectivity index (χ3v) is 5.03. The summed E-state index contributed by atoms with van der Waals surface area (Å²) in [5.74, 6) is 1.44. The van der Waals surface area contributed by atoms with E-state index in [9.17, 15) is 0 Å². The van der Waals surface area contributed by atoms with Gasteiger partial charge in [0.15, 0.2) is 0 Å². The molecule has 1 saturated carbocycles. The van der Waals surface area contributed by atoms with Gasteiger partial charge in [0.25, 0.3) is 0 Å². The lowest BCUT2D eigenvalue weighted by atomic mass is 9.68. The minimum atomic E-state index is 0.148. The van der Waals surface area contributed by atoms with Crippen LogP contribution in [-0.4, -0.2) is 11.5 Å². The van der Waals surface area contributed by atoms with Gasteiger partial charge in [0, 0.05) is 11.6 Å². The Morgan fingerprint density at radius 1 is 1.53 bits per heavy atom. The van der Waals surface area contributed by atoms with Gasteiger partial charge < -0.3 is 5.32 Å². The number of nitrogens with one attached hydrogen (secondary N) is 1. The fraction of sp³-hybridized carbons (Fsp3) is 0.786. The Morgan fingerprint density at radius 2 is 2.35 bits per heavy atom. The first-order valence-corrected chi connectivity index (χ1v) is 7.73. The van der Waals surface area contributed by atoms with Gasteiger partial charge in [0.2, 0.25) is 0 Å². The molecule has 0 saturated heterocycles. The molecule has 1 N–H and O–H groups in total. The summed E-state index contributed by atoms with van der Waals surface area (Å²) < 4.78 is 0. The van der Waals surface area contributed by atoms with Gasteiger partial charge in [-0.05, 0) is 31.2 Å². The van der Waals surface area contributed by atoms with Crippen molar-refractivity contribution >= 4 is 11.3 Å². The van der Waals surface area contributed by atoms with Gasteiger partial charge in [-0.15, -0.1) is 11.3 Å². The lowest BCUT2D eigenvalue weighted by Crippen LogP contribution is -2.51. The van der Waals surface area contributed by atoms with Crippen LogP contribution in [0.5, 0.6) is 0 Å². The minimum absolute atomic E-state index is 0.148. The average molecular weight is 252 g/mol. The molecular weight excluding hydrogens is 228 g/mol. The Hall–Kier alpha value is -0.410. The fourth-order valence-electron chi connectivity index (χ4n) is 3.42. The van der Waals surface area contributed by atoms with Crippen LogP contribution in [0.3, 0.4) is 0 Å². The monoisotopic (exact) mass is 252 g/mol. The lowest BCUT2D eigenvalue weighted by molar-refractivity contribution is 0.102. The topological polar surface area (TPSA) is 24.9 Å². The van der Waals surface area contributed by atoms with Crippen molar-refractivity contribution in [1.82, 2.24) is 10.3 Å². The maximum absolute atomic E-state index is 4.62. The molecule has 17 heavy (non-hydrogen) atoms. The molecule has 2 rings (SSSR count). The Kier molecular flexibility index (Phi) is 4.21. The number of rotatable bonds is 4. The van der Waals surface area contributed by atoms with E-state index in [1.165, 1.54) is 30.7 Å². The minimum Gasteiger partial charge on any atom is -0.305 e. The third-order valence-electron chi connectivity index (χ3n) is 4.08. The number of thiazole rings is 1. The Balaban J connectivity index is 2.36. The summed E-state index contributed by atoms with van der Waals surface area (Å²) >= 11 is 1.82. The van der Waals surface area contributed by atoms with Crippen molar-refractivity contribution in [2.24, 2.45) is 11.8 Å². The van der Waals surface area contributed by atoms with Crippen LogP contribution in [0.4, 0.5) is 0 Å². The molecule has 1 heterocycles. The zero-order chi connectivity index (χ0) is 12.3. The molecule has 2 unspecified atom stereocenters. The van der Waals surface area contributed by atoms with Gasteiger partial charge in [0.05, 0.1) is 5.54 Å². The zero-order valence-electron chi connectivity index (χ0n) is 11.2. The van der Waals surface area contributed by atoms with Crippen molar-refractivity contribution in [1.29, 1.82) is 0 Å². The van der Waals surface area contributed by atoms with Crippen LogP contribution in [0, 0.1) is 11.8 Å². The molecule has 0 bridgehead atoms. The van der Waals surface area contributed by atoms with Crippen LogP contribution in [0.15, 0.2) is 11.6 Å². The maximum Gasteiger partial charge on any atom is 0.113 e. The SMILES string of the molecule is CCNC1(c2nccs2)CCCCC1C(C)C. The summed E-state index contributed by atoms with van der Waals surface area (Å²) in [6.07, 6.45) is 7.24. The summed E-state index contributed by atoms with van der Waals surface area (Å²) in [5, 5.41) is 7.19. The molecule has 0 aliphatic heterocycles. The van der Waals surface area contributed by atoms with Crippen molar-refractivity contribution in [3.8, 4) is 0 Å². The van der Waals surface area contributed by atoms with E-state index in [0.717, 1.165) is 18.4 Å². The van der Waals surface area contributed by atoms with E-state index in [0.29, 0.717) is 0 Å². The summed E-state index contributed by atoms with van der Waals surface area (Å²) in [4.78, 5) is 4.62. The standard InChI is InChI=1S/C14H24N2S/c1-4-16-14(13-15-9-10-17-13)8-6-5-7-12(14)11(2)3/h9-12,16H,4-8H2,1-3H3. The molecule has 2 atom stereocenters. The van der Waals surface area contributed by atoms with Crippen LogP contribution in [0.25, 0.3) is 0 Å². The first-order valence-electron chi connectivity index (χ1n) is 6.85. The predicted molar refractivity (Wildman–Crippen MR) is 74.3 cm³/mol. The van der Waals surface area contributed by atoms with Crippen molar-refractivity contribution in [2.75, 3.05) is 6.54 Å². The first kappa shape index (κ1) is 13.0. The van der Waals surface area contributed by atoms with Gasteiger partial charge >= 0.3 is 0 Å². The van der Waals surface area contributed by atoms with Crippen molar-refractivity contribution in [2.45, 2.75) is 52.0 Å². The molecule has 0 aromatic carbocycles. The van der Waals surface area contributed by atoms with Gasteiger partial charge in [-0.25, -0.2) is 4.98 Å². The normalized spacial score (nSPS) is 29.8. The van der Waals surface area contributed by atoms with Gasteiger partial charge in [-0.3, -0.25) is 0 Å². The van der Waals surface area contributed by atoms with Crippen LogP contribution in [0.2, 0.25) is 0 Å². The lowest BCUT2D eigenvalue weighted by Gasteiger charge is -2.45. The molecule has 0 amide bonds. The molecule has 96 valence electrons. The predicted octanol–water partition coefficient (Wildman–Crippen LogP) is 3.79. The first-order chi connectivity index (χ1) is 8.20. The molecule has 1 aliphatic rings. The van der Waals surface area contributed by atoms with Crippen molar-refractivity contribution in [3.05, 3.63) is 16.6 Å². The molecule has 2 nitrogen and oxygen atoms in total. The highest BCUT2D eigenvalue weighted by Gasteiger charge is 2.44. The van der Waals surface area contributed by atoms with Crippen LogP contribution < -0.4 is 5.32 Å². The van der Waals surface area contributed by atoms with Crippen molar-refractivity contribution in [3.63, 3.8) is 0 Å².